The Bertz CT molecular complexity index is 565. The lowest BCUT2D eigenvalue weighted by Crippen LogP contribution is -2.31. The molecule has 1 saturated carbocycles. The van der Waals surface area contributed by atoms with Crippen molar-refractivity contribution in [3.63, 3.8) is 0 Å². The average Bonchev–Trinajstić information content (AvgIpc) is 3.08. The monoisotopic (exact) mass is 271 g/mol. The van der Waals surface area contributed by atoms with E-state index in [-0.39, 0.29) is 5.41 Å². The Morgan fingerprint density at radius 2 is 2.15 bits per heavy atom. The second-order valence-corrected chi connectivity index (χ2v) is 6.07. The van der Waals surface area contributed by atoms with Gasteiger partial charge in [-0.05, 0) is 53.3 Å². The number of benzene rings is 1. The molecule has 1 fully saturated rings. The first-order valence-electron chi connectivity index (χ1n) is 7.25. The quantitative estimate of drug-likeness (QED) is 0.923. The van der Waals surface area contributed by atoms with Crippen molar-refractivity contribution in [3.8, 4) is 5.69 Å². The molecule has 3 rings (SSSR count). The van der Waals surface area contributed by atoms with E-state index in [1.807, 2.05) is 35.0 Å². The number of rotatable bonds is 4. The first-order valence-corrected chi connectivity index (χ1v) is 7.25. The lowest BCUT2D eigenvalue weighted by molar-refractivity contribution is 0.287. The summed E-state index contributed by atoms with van der Waals surface area (Å²) in [6.07, 6.45) is 4.46. The average molecular weight is 271 g/mol. The van der Waals surface area contributed by atoms with E-state index >= 15 is 0 Å². The van der Waals surface area contributed by atoms with Gasteiger partial charge in [-0.3, -0.25) is 0 Å². The van der Waals surface area contributed by atoms with Gasteiger partial charge >= 0.3 is 0 Å². The van der Waals surface area contributed by atoms with Gasteiger partial charge in [-0.1, -0.05) is 31.5 Å². The standard InChI is InChI=1S/C15H21N5/c1-12-7-8-15(9-12,11-16)10-14-17-18-19-20(14)13-5-3-2-4-6-13/h2-6,12H,7-11,16H2,1H3. The molecule has 1 aromatic heterocycles. The van der Waals surface area contributed by atoms with Gasteiger partial charge in [0, 0.05) is 6.42 Å². The molecule has 1 aromatic carbocycles. The van der Waals surface area contributed by atoms with Crippen LogP contribution >= 0.6 is 0 Å². The van der Waals surface area contributed by atoms with Crippen LogP contribution in [-0.4, -0.2) is 26.8 Å². The van der Waals surface area contributed by atoms with Gasteiger partial charge in [0.2, 0.25) is 0 Å². The largest absolute Gasteiger partial charge is 0.330 e. The number of aromatic nitrogens is 4. The van der Waals surface area contributed by atoms with E-state index in [9.17, 15) is 0 Å². The van der Waals surface area contributed by atoms with Gasteiger partial charge in [0.25, 0.3) is 0 Å². The molecule has 0 spiro atoms. The number of nitrogens with zero attached hydrogens (tertiary/aromatic N) is 4. The van der Waals surface area contributed by atoms with Gasteiger partial charge in [0.15, 0.2) is 5.82 Å². The van der Waals surface area contributed by atoms with Crippen LogP contribution in [0.4, 0.5) is 0 Å². The fourth-order valence-corrected chi connectivity index (χ4v) is 3.34. The molecule has 2 atom stereocenters. The van der Waals surface area contributed by atoms with Crippen LogP contribution < -0.4 is 5.73 Å². The van der Waals surface area contributed by atoms with Gasteiger partial charge in [-0.25, -0.2) is 0 Å². The van der Waals surface area contributed by atoms with E-state index < -0.39 is 0 Å². The highest BCUT2D eigenvalue weighted by molar-refractivity contribution is 5.30. The minimum atomic E-state index is 0.167. The molecule has 20 heavy (non-hydrogen) atoms. The highest BCUT2D eigenvalue weighted by atomic mass is 15.5. The van der Waals surface area contributed by atoms with E-state index in [1.54, 1.807) is 0 Å². The van der Waals surface area contributed by atoms with E-state index in [0.717, 1.165) is 23.9 Å². The molecule has 2 aromatic rings. The minimum Gasteiger partial charge on any atom is -0.330 e. The smallest absolute Gasteiger partial charge is 0.157 e. The Morgan fingerprint density at radius 3 is 2.80 bits per heavy atom. The number of hydrogen-bond acceptors (Lipinski definition) is 4. The number of nitrogens with two attached hydrogens (primary N) is 1. The Hall–Kier alpha value is -1.75. The van der Waals surface area contributed by atoms with Crippen LogP contribution in [0.2, 0.25) is 0 Å². The highest BCUT2D eigenvalue weighted by Gasteiger charge is 2.37. The zero-order chi connectivity index (χ0) is 14.0. The second kappa shape index (κ2) is 5.32. The summed E-state index contributed by atoms with van der Waals surface area (Å²) in [6, 6.07) is 10.0. The summed E-state index contributed by atoms with van der Waals surface area (Å²) in [4.78, 5) is 0. The maximum Gasteiger partial charge on any atom is 0.157 e. The van der Waals surface area contributed by atoms with Gasteiger partial charge in [0.05, 0.1) is 5.69 Å². The molecule has 1 aliphatic rings. The molecular formula is C15H21N5. The molecule has 0 saturated heterocycles. The van der Waals surface area contributed by atoms with Crippen LogP contribution in [0.5, 0.6) is 0 Å². The molecular weight excluding hydrogens is 250 g/mol. The number of hydrogen-bond donors (Lipinski definition) is 1. The Balaban J connectivity index is 1.87. The molecule has 1 heterocycles. The Labute approximate surface area is 119 Å². The van der Waals surface area contributed by atoms with Gasteiger partial charge in [-0.2, -0.15) is 4.68 Å². The normalized spacial score (nSPS) is 26.0. The summed E-state index contributed by atoms with van der Waals surface area (Å²) >= 11 is 0. The van der Waals surface area contributed by atoms with E-state index in [0.29, 0.717) is 6.54 Å². The predicted molar refractivity (Wildman–Crippen MR) is 77.4 cm³/mol. The topological polar surface area (TPSA) is 69.6 Å². The molecule has 0 aliphatic heterocycles. The van der Waals surface area contributed by atoms with Crippen LogP contribution in [0.1, 0.15) is 32.0 Å². The zero-order valence-electron chi connectivity index (χ0n) is 11.9. The SMILES string of the molecule is CC1CCC(CN)(Cc2nnnn2-c2ccccc2)C1. The first kappa shape index (κ1) is 13.2. The van der Waals surface area contributed by atoms with Crippen LogP contribution in [0.25, 0.3) is 5.69 Å². The predicted octanol–water partition coefficient (Wildman–Crippen LogP) is 1.97. The van der Waals surface area contributed by atoms with Crippen molar-refractivity contribution in [2.45, 2.75) is 32.6 Å². The van der Waals surface area contributed by atoms with Crippen molar-refractivity contribution in [2.75, 3.05) is 6.54 Å². The van der Waals surface area contributed by atoms with Crippen LogP contribution in [0, 0.1) is 11.3 Å². The molecule has 5 heteroatoms. The van der Waals surface area contributed by atoms with Gasteiger partial charge < -0.3 is 5.73 Å². The summed E-state index contributed by atoms with van der Waals surface area (Å²) < 4.78 is 1.83. The van der Waals surface area contributed by atoms with Gasteiger partial charge in [-0.15, -0.1) is 5.10 Å². The fraction of sp³-hybridized carbons (Fsp3) is 0.533. The molecule has 2 N–H and O–H groups in total. The number of tetrazole rings is 1. The molecule has 0 bridgehead atoms. The van der Waals surface area contributed by atoms with Crippen molar-refractivity contribution in [2.24, 2.45) is 17.1 Å². The third-order valence-corrected chi connectivity index (χ3v) is 4.45. The third-order valence-electron chi connectivity index (χ3n) is 4.45. The fourth-order valence-electron chi connectivity index (χ4n) is 3.34. The molecule has 0 radical (unpaired) electrons. The third kappa shape index (κ3) is 2.45. The first-order chi connectivity index (χ1) is 9.72. The summed E-state index contributed by atoms with van der Waals surface area (Å²) in [7, 11) is 0. The lowest BCUT2D eigenvalue weighted by Gasteiger charge is -2.26. The van der Waals surface area contributed by atoms with Gasteiger partial charge in [0.1, 0.15) is 0 Å². The van der Waals surface area contributed by atoms with Crippen molar-refractivity contribution < 1.29 is 0 Å². The van der Waals surface area contributed by atoms with E-state index in [2.05, 4.69) is 22.4 Å². The summed E-state index contributed by atoms with van der Waals surface area (Å²) in [5.74, 6) is 1.66. The highest BCUT2D eigenvalue weighted by Crippen LogP contribution is 2.43. The van der Waals surface area contributed by atoms with Crippen molar-refractivity contribution in [1.29, 1.82) is 0 Å². The molecule has 5 nitrogen and oxygen atoms in total. The van der Waals surface area contributed by atoms with Crippen LogP contribution in [0.15, 0.2) is 30.3 Å². The zero-order valence-corrected chi connectivity index (χ0v) is 11.9. The molecule has 106 valence electrons. The molecule has 0 amide bonds. The summed E-state index contributed by atoms with van der Waals surface area (Å²) in [5, 5.41) is 12.2. The molecule has 2 unspecified atom stereocenters. The lowest BCUT2D eigenvalue weighted by atomic mass is 9.81. The number of para-hydroxylation sites is 1. The van der Waals surface area contributed by atoms with E-state index in [4.69, 9.17) is 5.73 Å². The summed E-state index contributed by atoms with van der Waals surface area (Å²) in [6.45, 7) is 3.01. The van der Waals surface area contributed by atoms with Crippen molar-refractivity contribution >= 4 is 0 Å². The Kier molecular flexibility index (Phi) is 3.53. The maximum atomic E-state index is 6.06. The Morgan fingerprint density at radius 1 is 1.35 bits per heavy atom. The van der Waals surface area contributed by atoms with Crippen LogP contribution in [0.3, 0.4) is 0 Å². The van der Waals surface area contributed by atoms with Crippen molar-refractivity contribution in [3.05, 3.63) is 36.2 Å². The molecule has 1 aliphatic carbocycles. The minimum absolute atomic E-state index is 0.167. The van der Waals surface area contributed by atoms with Crippen molar-refractivity contribution in [1.82, 2.24) is 20.2 Å². The second-order valence-electron chi connectivity index (χ2n) is 6.07. The summed E-state index contributed by atoms with van der Waals surface area (Å²) in [5.41, 5.74) is 7.23. The maximum absolute atomic E-state index is 6.06. The van der Waals surface area contributed by atoms with Crippen LogP contribution in [-0.2, 0) is 6.42 Å². The van der Waals surface area contributed by atoms with E-state index in [1.165, 1.54) is 19.3 Å².